The molecule has 2 aromatic carbocycles. The van der Waals surface area contributed by atoms with Crippen LogP contribution in [0.2, 0.25) is 0 Å². The van der Waals surface area contributed by atoms with Crippen LogP contribution in [0.25, 0.3) is 16.9 Å². The lowest BCUT2D eigenvalue weighted by molar-refractivity contribution is 0.0581. The van der Waals surface area contributed by atoms with Crippen LogP contribution in [0, 0.1) is 0 Å². The summed E-state index contributed by atoms with van der Waals surface area (Å²) in [6, 6.07) is 18.0. The van der Waals surface area contributed by atoms with E-state index in [2.05, 4.69) is 12.1 Å². The summed E-state index contributed by atoms with van der Waals surface area (Å²) >= 11 is 0. The summed E-state index contributed by atoms with van der Waals surface area (Å²) in [7, 11) is -3.28. The zero-order valence-electron chi connectivity index (χ0n) is 14.2. The van der Waals surface area contributed by atoms with Crippen LogP contribution in [0.15, 0.2) is 59.5 Å². The number of hydrogen-bond donors (Lipinski definition) is 0. The first-order valence-electron chi connectivity index (χ1n) is 8.04. The zero-order chi connectivity index (χ0) is 17.4. The van der Waals surface area contributed by atoms with E-state index < -0.39 is 9.84 Å². The molecule has 126 valence electrons. The minimum atomic E-state index is -3.28. The standard InChI is InChI=1S/C20H22O3S/c1-20(2)14-13-18(24(3,21)22)19(23-20)17-11-9-16(10-12-17)15-7-5-4-6-8-15/h4-12H,13-14H2,1-3H3. The SMILES string of the molecule is CC1(C)CCC(S(C)(=O)=O)=C(c2ccc(-c3ccccc3)cc2)O1. The molecular weight excluding hydrogens is 320 g/mol. The number of hydrogen-bond acceptors (Lipinski definition) is 3. The molecule has 0 saturated heterocycles. The highest BCUT2D eigenvalue weighted by atomic mass is 32.2. The molecule has 0 spiro atoms. The van der Waals surface area contributed by atoms with Gasteiger partial charge in [-0.1, -0.05) is 54.6 Å². The van der Waals surface area contributed by atoms with E-state index in [9.17, 15) is 8.42 Å². The smallest absolute Gasteiger partial charge is 0.175 e. The van der Waals surface area contributed by atoms with Crippen LogP contribution in [-0.2, 0) is 14.6 Å². The van der Waals surface area contributed by atoms with E-state index in [1.807, 2.05) is 56.3 Å². The third kappa shape index (κ3) is 3.54. The van der Waals surface area contributed by atoms with Crippen LogP contribution in [0.4, 0.5) is 0 Å². The summed E-state index contributed by atoms with van der Waals surface area (Å²) in [4.78, 5) is 0.397. The van der Waals surface area contributed by atoms with Gasteiger partial charge in [0.05, 0.1) is 4.91 Å². The van der Waals surface area contributed by atoms with E-state index >= 15 is 0 Å². The van der Waals surface area contributed by atoms with Gasteiger partial charge in [-0.2, -0.15) is 0 Å². The van der Waals surface area contributed by atoms with Gasteiger partial charge in [-0.15, -0.1) is 0 Å². The molecule has 0 unspecified atom stereocenters. The van der Waals surface area contributed by atoms with Gasteiger partial charge in [0.2, 0.25) is 0 Å². The summed E-state index contributed by atoms with van der Waals surface area (Å²) in [5, 5.41) is 0. The molecule has 3 rings (SSSR count). The van der Waals surface area contributed by atoms with E-state index in [1.165, 1.54) is 6.26 Å². The van der Waals surface area contributed by atoms with Crippen molar-refractivity contribution in [1.82, 2.24) is 0 Å². The van der Waals surface area contributed by atoms with E-state index in [0.717, 1.165) is 16.7 Å². The molecule has 0 atom stereocenters. The van der Waals surface area contributed by atoms with Gasteiger partial charge in [0.1, 0.15) is 11.4 Å². The summed E-state index contributed by atoms with van der Waals surface area (Å²) in [6.45, 7) is 3.98. The summed E-state index contributed by atoms with van der Waals surface area (Å²) < 4.78 is 30.3. The molecule has 1 aliphatic rings. The number of sulfone groups is 1. The average Bonchev–Trinajstić information content (AvgIpc) is 2.54. The van der Waals surface area contributed by atoms with Crippen LogP contribution < -0.4 is 0 Å². The minimum absolute atomic E-state index is 0.359. The molecule has 0 bridgehead atoms. The Labute approximate surface area is 143 Å². The Morgan fingerprint density at radius 2 is 1.42 bits per heavy atom. The lowest BCUT2D eigenvalue weighted by Gasteiger charge is -2.34. The van der Waals surface area contributed by atoms with Crippen LogP contribution >= 0.6 is 0 Å². The van der Waals surface area contributed by atoms with E-state index in [-0.39, 0.29) is 5.60 Å². The predicted octanol–water partition coefficient (Wildman–Crippen LogP) is 4.66. The number of benzene rings is 2. The fraction of sp³-hybridized carbons (Fsp3) is 0.300. The Morgan fingerprint density at radius 3 is 2.00 bits per heavy atom. The normalized spacial score (nSPS) is 17.5. The van der Waals surface area contributed by atoms with Gasteiger partial charge in [0.15, 0.2) is 9.84 Å². The first kappa shape index (κ1) is 16.8. The van der Waals surface area contributed by atoms with Gasteiger partial charge in [-0.05, 0) is 37.8 Å². The molecule has 3 nitrogen and oxygen atoms in total. The zero-order valence-corrected chi connectivity index (χ0v) is 15.1. The third-order valence-electron chi connectivity index (χ3n) is 4.29. The van der Waals surface area contributed by atoms with Gasteiger partial charge in [-0.3, -0.25) is 0 Å². The summed E-state index contributed by atoms with van der Waals surface area (Å²) in [5.74, 6) is 0.494. The molecule has 1 heterocycles. The van der Waals surface area contributed by atoms with E-state index in [0.29, 0.717) is 23.5 Å². The summed E-state index contributed by atoms with van der Waals surface area (Å²) in [6.07, 6.45) is 2.46. The van der Waals surface area contributed by atoms with Gasteiger partial charge < -0.3 is 4.74 Å². The first-order valence-corrected chi connectivity index (χ1v) is 9.93. The number of ether oxygens (including phenoxy) is 1. The predicted molar refractivity (Wildman–Crippen MR) is 98.0 cm³/mol. The third-order valence-corrected chi connectivity index (χ3v) is 5.57. The maximum Gasteiger partial charge on any atom is 0.175 e. The summed E-state index contributed by atoms with van der Waals surface area (Å²) in [5.41, 5.74) is 2.67. The molecule has 0 aliphatic carbocycles. The quantitative estimate of drug-likeness (QED) is 0.815. The highest BCUT2D eigenvalue weighted by molar-refractivity contribution is 7.94. The highest BCUT2D eigenvalue weighted by Gasteiger charge is 2.33. The van der Waals surface area contributed by atoms with Crippen LogP contribution in [0.1, 0.15) is 32.3 Å². The van der Waals surface area contributed by atoms with Gasteiger partial charge in [0, 0.05) is 11.8 Å². The van der Waals surface area contributed by atoms with Crippen LogP contribution in [0.3, 0.4) is 0 Å². The Balaban J connectivity index is 2.04. The fourth-order valence-corrected chi connectivity index (χ4v) is 3.90. The molecule has 0 saturated carbocycles. The molecular formula is C20H22O3S. The first-order chi connectivity index (χ1) is 11.3. The van der Waals surface area contributed by atoms with Crippen molar-refractivity contribution < 1.29 is 13.2 Å². The van der Waals surface area contributed by atoms with Gasteiger partial charge >= 0.3 is 0 Å². The second kappa shape index (κ2) is 6.10. The van der Waals surface area contributed by atoms with Crippen molar-refractivity contribution in [2.45, 2.75) is 32.3 Å². The molecule has 4 heteroatoms. The second-order valence-electron chi connectivity index (χ2n) is 6.83. The Hall–Kier alpha value is -2.07. The lowest BCUT2D eigenvalue weighted by Crippen LogP contribution is -2.29. The second-order valence-corrected chi connectivity index (χ2v) is 8.87. The molecule has 0 N–H and O–H groups in total. The Bertz CT molecular complexity index is 861. The number of allylic oxidation sites excluding steroid dienone is 1. The van der Waals surface area contributed by atoms with Crippen molar-refractivity contribution >= 4 is 15.6 Å². The van der Waals surface area contributed by atoms with Crippen LogP contribution in [0.5, 0.6) is 0 Å². The molecule has 1 aliphatic heterocycles. The molecule has 2 aromatic rings. The topological polar surface area (TPSA) is 43.4 Å². The van der Waals surface area contributed by atoms with Gasteiger partial charge in [-0.25, -0.2) is 8.42 Å². The largest absolute Gasteiger partial charge is 0.486 e. The molecule has 0 amide bonds. The minimum Gasteiger partial charge on any atom is -0.486 e. The highest BCUT2D eigenvalue weighted by Crippen LogP contribution is 2.38. The van der Waals surface area contributed by atoms with Crippen molar-refractivity contribution in [3.05, 3.63) is 65.1 Å². The van der Waals surface area contributed by atoms with Crippen LogP contribution in [-0.4, -0.2) is 20.3 Å². The molecule has 0 aromatic heterocycles. The van der Waals surface area contributed by atoms with E-state index in [1.54, 1.807) is 0 Å². The van der Waals surface area contributed by atoms with Crippen molar-refractivity contribution in [1.29, 1.82) is 0 Å². The molecule has 0 fully saturated rings. The average molecular weight is 342 g/mol. The molecule has 24 heavy (non-hydrogen) atoms. The van der Waals surface area contributed by atoms with Gasteiger partial charge in [0.25, 0.3) is 0 Å². The van der Waals surface area contributed by atoms with Crippen molar-refractivity contribution in [2.75, 3.05) is 6.26 Å². The Kier molecular flexibility index (Phi) is 4.26. The lowest BCUT2D eigenvalue weighted by atomic mass is 9.97. The monoisotopic (exact) mass is 342 g/mol. The van der Waals surface area contributed by atoms with Crippen molar-refractivity contribution in [2.24, 2.45) is 0 Å². The fourth-order valence-electron chi connectivity index (χ4n) is 2.93. The maximum atomic E-state index is 12.1. The van der Waals surface area contributed by atoms with E-state index in [4.69, 9.17) is 4.74 Å². The van der Waals surface area contributed by atoms with Crippen molar-refractivity contribution in [3.63, 3.8) is 0 Å². The number of rotatable bonds is 3. The Morgan fingerprint density at radius 1 is 0.875 bits per heavy atom. The maximum absolute atomic E-state index is 12.1. The molecule has 0 radical (unpaired) electrons. The van der Waals surface area contributed by atoms with Crippen molar-refractivity contribution in [3.8, 4) is 11.1 Å².